The number of rotatable bonds is 7. The molecule has 2 aromatic rings. The van der Waals surface area contributed by atoms with E-state index in [1.807, 2.05) is 18.7 Å². The lowest BCUT2D eigenvalue weighted by molar-refractivity contribution is -0.139. The Labute approximate surface area is 243 Å². The largest absolute Gasteiger partial charge is 0.463 e. The summed E-state index contributed by atoms with van der Waals surface area (Å²) in [6.45, 7) is 8.02. The van der Waals surface area contributed by atoms with E-state index in [-0.39, 0.29) is 29.6 Å². The van der Waals surface area contributed by atoms with Crippen LogP contribution in [0.5, 0.6) is 0 Å². The first-order valence-electron chi connectivity index (χ1n) is 12.9. The fourth-order valence-corrected chi connectivity index (χ4v) is 5.63. The van der Waals surface area contributed by atoms with E-state index in [1.165, 1.54) is 0 Å². The highest BCUT2D eigenvalue weighted by Crippen LogP contribution is 2.38. The Morgan fingerprint density at radius 1 is 1.05 bits per heavy atom. The van der Waals surface area contributed by atoms with E-state index in [1.54, 1.807) is 54.3 Å². The van der Waals surface area contributed by atoms with Crippen molar-refractivity contribution in [2.24, 2.45) is 0 Å². The van der Waals surface area contributed by atoms with Crippen LogP contribution in [0.3, 0.4) is 0 Å². The SMILES string of the molecule is CCOC(=O)C1=C(CN2CCN(C(=O)c3ccc(Cl)cc3)[C@@H](C)C2)N(CC)C(=O)N[C@H]1c1cccc(Cl)c1Cl. The van der Waals surface area contributed by atoms with Crippen molar-refractivity contribution in [3.05, 3.63) is 79.9 Å². The van der Waals surface area contributed by atoms with Gasteiger partial charge in [-0.25, -0.2) is 9.59 Å². The maximum Gasteiger partial charge on any atom is 0.338 e. The summed E-state index contributed by atoms with van der Waals surface area (Å²) in [6, 6.07) is 10.7. The number of likely N-dealkylation sites (N-methyl/N-ethyl adjacent to an activating group) is 1. The number of carbonyl (C=O) groups excluding carboxylic acids is 3. The van der Waals surface area contributed by atoms with Crippen LogP contribution in [0, 0.1) is 0 Å². The second-order valence-corrected chi connectivity index (χ2v) is 10.7. The molecule has 2 atom stereocenters. The number of hydrogen-bond donors (Lipinski definition) is 1. The molecule has 1 saturated heterocycles. The van der Waals surface area contributed by atoms with Crippen LogP contribution >= 0.6 is 34.8 Å². The fourth-order valence-electron chi connectivity index (χ4n) is 5.08. The molecule has 0 aliphatic carbocycles. The van der Waals surface area contributed by atoms with Gasteiger partial charge in [-0.1, -0.05) is 46.9 Å². The Kier molecular flexibility index (Phi) is 9.43. The predicted molar refractivity (Wildman–Crippen MR) is 152 cm³/mol. The van der Waals surface area contributed by atoms with Crippen molar-refractivity contribution in [1.29, 1.82) is 0 Å². The van der Waals surface area contributed by atoms with E-state index < -0.39 is 12.0 Å². The molecule has 1 N–H and O–H groups in total. The fraction of sp³-hybridized carbons (Fsp3) is 0.393. The highest BCUT2D eigenvalue weighted by atomic mass is 35.5. The van der Waals surface area contributed by atoms with Crippen LogP contribution in [0.25, 0.3) is 0 Å². The van der Waals surface area contributed by atoms with E-state index in [0.717, 1.165) is 0 Å². The Hall–Kier alpha value is -2.78. The molecule has 0 spiro atoms. The predicted octanol–water partition coefficient (Wildman–Crippen LogP) is 5.40. The smallest absolute Gasteiger partial charge is 0.338 e. The molecule has 8 nitrogen and oxygen atoms in total. The first-order valence-corrected chi connectivity index (χ1v) is 14.0. The topological polar surface area (TPSA) is 82.2 Å². The lowest BCUT2D eigenvalue weighted by atomic mass is 9.93. The highest BCUT2D eigenvalue weighted by Gasteiger charge is 2.40. The number of halogens is 3. The Morgan fingerprint density at radius 3 is 2.41 bits per heavy atom. The van der Waals surface area contributed by atoms with E-state index >= 15 is 0 Å². The van der Waals surface area contributed by atoms with Crippen LogP contribution in [0.1, 0.15) is 42.7 Å². The molecule has 2 aliphatic rings. The van der Waals surface area contributed by atoms with Crippen molar-refractivity contribution in [1.82, 2.24) is 20.0 Å². The van der Waals surface area contributed by atoms with Crippen LogP contribution in [-0.4, -0.2) is 78.0 Å². The van der Waals surface area contributed by atoms with Gasteiger partial charge in [-0.2, -0.15) is 0 Å². The lowest BCUT2D eigenvalue weighted by Crippen LogP contribution is -2.56. The molecule has 2 aliphatic heterocycles. The van der Waals surface area contributed by atoms with Crippen LogP contribution in [0.2, 0.25) is 15.1 Å². The van der Waals surface area contributed by atoms with Crippen molar-refractivity contribution in [3.8, 4) is 0 Å². The number of nitrogens with zero attached hydrogens (tertiary/aromatic N) is 3. The monoisotopic (exact) mass is 592 g/mol. The Balaban J connectivity index is 1.65. The quantitative estimate of drug-likeness (QED) is 0.435. The minimum absolute atomic E-state index is 0.0619. The number of amides is 3. The first-order chi connectivity index (χ1) is 18.7. The second-order valence-electron chi connectivity index (χ2n) is 9.44. The number of ether oxygens (including phenoxy) is 1. The number of piperazine rings is 1. The standard InChI is InChI=1S/C28H31Cl3N4O4/c1-4-34-22(16-33-13-14-35(17(3)15-33)26(36)18-9-11-19(29)12-10-18)23(27(37)39-5-2)25(32-28(34)38)20-7-6-8-21(30)24(20)31/h6-12,17,25H,4-5,13-16H2,1-3H3,(H,32,38)/t17-,25-/m0/s1. The summed E-state index contributed by atoms with van der Waals surface area (Å²) in [6.07, 6.45) is 0. The molecule has 4 rings (SSSR count). The van der Waals surface area contributed by atoms with Crippen LogP contribution in [-0.2, 0) is 9.53 Å². The van der Waals surface area contributed by atoms with Gasteiger partial charge in [0.2, 0.25) is 0 Å². The Morgan fingerprint density at radius 2 is 1.77 bits per heavy atom. The van der Waals surface area contributed by atoms with Gasteiger partial charge < -0.3 is 15.0 Å². The minimum Gasteiger partial charge on any atom is -0.463 e. The maximum atomic E-state index is 13.4. The zero-order chi connectivity index (χ0) is 28.3. The number of hydrogen-bond acceptors (Lipinski definition) is 5. The summed E-state index contributed by atoms with van der Waals surface area (Å²) in [7, 11) is 0. The highest BCUT2D eigenvalue weighted by molar-refractivity contribution is 6.42. The van der Waals surface area contributed by atoms with E-state index in [9.17, 15) is 14.4 Å². The summed E-state index contributed by atoms with van der Waals surface area (Å²) < 4.78 is 5.45. The number of esters is 1. The van der Waals surface area contributed by atoms with Gasteiger partial charge in [0.15, 0.2) is 0 Å². The van der Waals surface area contributed by atoms with Gasteiger partial charge in [-0.05, 0) is 56.7 Å². The zero-order valence-corrected chi connectivity index (χ0v) is 24.3. The minimum atomic E-state index is -0.828. The molecule has 3 amide bonds. The van der Waals surface area contributed by atoms with E-state index in [4.69, 9.17) is 39.5 Å². The van der Waals surface area contributed by atoms with Gasteiger partial charge in [0, 0.05) is 55.0 Å². The number of urea groups is 1. The molecule has 0 bridgehead atoms. The van der Waals surface area contributed by atoms with E-state index in [2.05, 4.69) is 10.2 Å². The second kappa shape index (κ2) is 12.6. The summed E-state index contributed by atoms with van der Waals surface area (Å²) in [4.78, 5) is 45.3. The molecule has 0 aromatic heterocycles. The molecule has 39 heavy (non-hydrogen) atoms. The molecule has 208 valence electrons. The van der Waals surface area contributed by atoms with Crippen LogP contribution in [0.4, 0.5) is 4.79 Å². The molecule has 1 fully saturated rings. The number of nitrogens with one attached hydrogen (secondary N) is 1. The number of carbonyl (C=O) groups is 3. The maximum absolute atomic E-state index is 13.4. The molecule has 0 radical (unpaired) electrons. The Bertz CT molecular complexity index is 1280. The van der Waals surface area contributed by atoms with Crippen molar-refractivity contribution in [2.75, 3.05) is 39.3 Å². The van der Waals surface area contributed by atoms with Gasteiger partial charge in [0.1, 0.15) is 0 Å². The van der Waals surface area contributed by atoms with Crippen molar-refractivity contribution in [3.63, 3.8) is 0 Å². The molecular weight excluding hydrogens is 563 g/mol. The van der Waals surface area contributed by atoms with Crippen molar-refractivity contribution in [2.45, 2.75) is 32.9 Å². The zero-order valence-electron chi connectivity index (χ0n) is 22.0. The van der Waals surface area contributed by atoms with Gasteiger partial charge >= 0.3 is 12.0 Å². The lowest BCUT2D eigenvalue weighted by Gasteiger charge is -2.43. The normalized spacial score (nSPS) is 20.2. The molecular formula is C28H31Cl3N4O4. The first kappa shape index (κ1) is 29.2. The molecule has 0 unspecified atom stereocenters. The summed E-state index contributed by atoms with van der Waals surface area (Å²) >= 11 is 18.8. The average molecular weight is 594 g/mol. The number of benzene rings is 2. The van der Waals surface area contributed by atoms with Crippen LogP contribution < -0.4 is 5.32 Å². The third kappa shape index (κ3) is 6.19. The summed E-state index contributed by atoms with van der Waals surface area (Å²) in [5, 5.41) is 4.07. The summed E-state index contributed by atoms with van der Waals surface area (Å²) in [5.74, 6) is -0.593. The molecule has 11 heteroatoms. The van der Waals surface area contributed by atoms with Crippen LogP contribution in [0.15, 0.2) is 53.7 Å². The van der Waals surface area contributed by atoms with Crippen molar-refractivity contribution >= 4 is 52.7 Å². The summed E-state index contributed by atoms with van der Waals surface area (Å²) in [5.41, 5.74) is 1.95. The van der Waals surface area contributed by atoms with E-state index in [0.29, 0.717) is 65.2 Å². The van der Waals surface area contributed by atoms with Gasteiger partial charge in [-0.15, -0.1) is 0 Å². The third-order valence-electron chi connectivity index (χ3n) is 6.98. The molecule has 2 aromatic carbocycles. The van der Waals surface area contributed by atoms with Gasteiger partial charge in [0.25, 0.3) is 5.91 Å². The molecule has 0 saturated carbocycles. The van der Waals surface area contributed by atoms with Gasteiger partial charge in [-0.3, -0.25) is 14.6 Å². The average Bonchev–Trinajstić information content (AvgIpc) is 2.90. The molecule has 2 heterocycles. The van der Waals surface area contributed by atoms with Gasteiger partial charge in [0.05, 0.1) is 28.3 Å². The third-order valence-corrected chi connectivity index (χ3v) is 8.06. The van der Waals surface area contributed by atoms with Crippen molar-refractivity contribution < 1.29 is 19.1 Å².